The lowest BCUT2D eigenvalue weighted by molar-refractivity contribution is -0.130. The predicted molar refractivity (Wildman–Crippen MR) is 96.3 cm³/mol. The van der Waals surface area contributed by atoms with E-state index < -0.39 is 0 Å². The van der Waals surface area contributed by atoms with Crippen molar-refractivity contribution in [3.8, 4) is 0 Å². The highest BCUT2D eigenvalue weighted by Gasteiger charge is 2.21. The third-order valence-electron chi connectivity index (χ3n) is 4.88. The van der Waals surface area contributed by atoms with Crippen LogP contribution in [0.15, 0.2) is 36.9 Å². The van der Waals surface area contributed by atoms with Crippen LogP contribution >= 0.6 is 0 Å². The van der Waals surface area contributed by atoms with E-state index >= 15 is 0 Å². The maximum atomic E-state index is 13.7. The molecule has 0 atom stereocenters. The van der Waals surface area contributed by atoms with Gasteiger partial charge < -0.3 is 9.80 Å². The first kappa shape index (κ1) is 18.7. The SMILES string of the molecule is C=CCCC(=O)N(C)CC1CCN(CCc2ccccc2F)CC1. The fraction of sp³-hybridized carbons (Fsp3) is 0.550. The van der Waals surface area contributed by atoms with Gasteiger partial charge in [-0.15, -0.1) is 6.58 Å². The molecule has 0 radical (unpaired) electrons. The molecule has 0 N–H and O–H groups in total. The lowest BCUT2D eigenvalue weighted by atomic mass is 9.96. The Balaban J connectivity index is 1.68. The third kappa shape index (κ3) is 5.75. The molecule has 1 saturated heterocycles. The fourth-order valence-corrected chi connectivity index (χ4v) is 3.28. The monoisotopic (exact) mass is 332 g/mol. The van der Waals surface area contributed by atoms with Gasteiger partial charge in [-0.2, -0.15) is 0 Å². The van der Waals surface area contributed by atoms with E-state index in [2.05, 4.69) is 11.5 Å². The summed E-state index contributed by atoms with van der Waals surface area (Å²) in [7, 11) is 1.90. The number of benzene rings is 1. The summed E-state index contributed by atoms with van der Waals surface area (Å²) in [4.78, 5) is 16.2. The molecule has 0 saturated carbocycles. The van der Waals surface area contributed by atoms with E-state index in [1.807, 2.05) is 24.1 Å². The Morgan fingerprint density at radius 3 is 2.75 bits per heavy atom. The Kier molecular flexibility index (Phi) is 7.44. The molecule has 2 rings (SSSR count). The zero-order chi connectivity index (χ0) is 17.4. The molecule has 24 heavy (non-hydrogen) atoms. The van der Waals surface area contributed by atoms with Gasteiger partial charge >= 0.3 is 0 Å². The van der Waals surface area contributed by atoms with Crippen LogP contribution in [-0.4, -0.2) is 48.9 Å². The molecule has 1 amide bonds. The number of halogens is 1. The van der Waals surface area contributed by atoms with Crippen LogP contribution in [-0.2, 0) is 11.2 Å². The van der Waals surface area contributed by atoms with Crippen LogP contribution in [0.5, 0.6) is 0 Å². The second-order valence-corrected chi connectivity index (χ2v) is 6.73. The van der Waals surface area contributed by atoms with E-state index in [-0.39, 0.29) is 11.7 Å². The van der Waals surface area contributed by atoms with Crippen molar-refractivity contribution >= 4 is 5.91 Å². The predicted octanol–water partition coefficient (Wildman–Crippen LogP) is 3.50. The fourth-order valence-electron chi connectivity index (χ4n) is 3.28. The first-order chi connectivity index (χ1) is 11.6. The number of hydrogen-bond acceptors (Lipinski definition) is 2. The largest absolute Gasteiger partial charge is 0.345 e. The summed E-state index contributed by atoms with van der Waals surface area (Å²) in [5.74, 6) is 0.677. The molecular formula is C20H29FN2O. The number of allylic oxidation sites excluding steroid dienone is 1. The summed E-state index contributed by atoms with van der Waals surface area (Å²) in [5, 5.41) is 0. The molecule has 1 aliphatic heterocycles. The molecule has 0 unspecified atom stereocenters. The van der Waals surface area contributed by atoms with Gasteiger partial charge in [-0.25, -0.2) is 4.39 Å². The van der Waals surface area contributed by atoms with Crippen molar-refractivity contribution in [2.45, 2.75) is 32.1 Å². The minimum absolute atomic E-state index is 0.105. The van der Waals surface area contributed by atoms with E-state index in [0.29, 0.717) is 12.3 Å². The van der Waals surface area contributed by atoms with Gasteiger partial charge in [0.05, 0.1) is 0 Å². The molecule has 0 aliphatic carbocycles. The smallest absolute Gasteiger partial charge is 0.222 e. The molecule has 1 fully saturated rings. The minimum atomic E-state index is -0.105. The normalized spacial score (nSPS) is 16.1. The van der Waals surface area contributed by atoms with Gasteiger partial charge in [-0.3, -0.25) is 4.79 Å². The van der Waals surface area contributed by atoms with Gasteiger partial charge in [-0.05, 0) is 56.3 Å². The lowest BCUT2D eigenvalue weighted by Crippen LogP contribution is -2.40. The average Bonchev–Trinajstić information content (AvgIpc) is 2.60. The van der Waals surface area contributed by atoms with Crippen molar-refractivity contribution in [1.82, 2.24) is 9.80 Å². The van der Waals surface area contributed by atoms with Crippen LogP contribution in [0.3, 0.4) is 0 Å². The summed E-state index contributed by atoms with van der Waals surface area (Å²) in [6.07, 6.45) is 6.07. The molecular weight excluding hydrogens is 303 g/mol. The maximum Gasteiger partial charge on any atom is 0.222 e. The number of rotatable bonds is 8. The summed E-state index contributed by atoms with van der Waals surface area (Å²) in [6, 6.07) is 7.02. The molecule has 3 nitrogen and oxygen atoms in total. The van der Waals surface area contributed by atoms with Crippen molar-refractivity contribution in [3.63, 3.8) is 0 Å². The maximum absolute atomic E-state index is 13.7. The quantitative estimate of drug-likeness (QED) is 0.680. The van der Waals surface area contributed by atoms with Crippen LogP contribution in [0, 0.1) is 11.7 Å². The summed E-state index contributed by atoms with van der Waals surface area (Å²) in [5.41, 5.74) is 0.798. The second-order valence-electron chi connectivity index (χ2n) is 6.73. The van der Waals surface area contributed by atoms with E-state index in [0.717, 1.165) is 57.4 Å². The number of hydrogen-bond donors (Lipinski definition) is 0. The molecule has 132 valence electrons. The Hall–Kier alpha value is -1.68. The molecule has 1 aromatic carbocycles. The van der Waals surface area contributed by atoms with E-state index in [1.165, 1.54) is 6.07 Å². The molecule has 1 aromatic rings. The third-order valence-corrected chi connectivity index (χ3v) is 4.88. The first-order valence-corrected chi connectivity index (χ1v) is 8.90. The molecule has 1 heterocycles. The number of carbonyl (C=O) groups excluding carboxylic acids is 1. The molecule has 0 spiro atoms. The molecule has 1 aliphatic rings. The number of piperidine rings is 1. The van der Waals surface area contributed by atoms with E-state index in [4.69, 9.17) is 0 Å². The highest BCUT2D eigenvalue weighted by molar-refractivity contribution is 5.75. The van der Waals surface area contributed by atoms with Gasteiger partial charge in [-0.1, -0.05) is 24.3 Å². The van der Waals surface area contributed by atoms with E-state index in [1.54, 1.807) is 12.1 Å². The van der Waals surface area contributed by atoms with Gasteiger partial charge in [0.15, 0.2) is 0 Å². The van der Waals surface area contributed by atoms with Crippen LogP contribution in [0.25, 0.3) is 0 Å². The van der Waals surface area contributed by atoms with Gasteiger partial charge in [0.25, 0.3) is 0 Å². The van der Waals surface area contributed by atoms with E-state index in [9.17, 15) is 9.18 Å². The van der Waals surface area contributed by atoms with Gasteiger partial charge in [0, 0.05) is 26.6 Å². The zero-order valence-electron chi connectivity index (χ0n) is 14.7. The summed E-state index contributed by atoms with van der Waals surface area (Å²) < 4.78 is 13.7. The number of carbonyl (C=O) groups is 1. The van der Waals surface area contributed by atoms with Gasteiger partial charge in [0.2, 0.25) is 5.91 Å². The van der Waals surface area contributed by atoms with Gasteiger partial charge in [0.1, 0.15) is 5.82 Å². The Labute approximate surface area is 145 Å². The van der Waals surface area contributed by atoms with Crippen molar-refractivity contribution in [3.05, 3.63) is 48.3 Å². The van der Waals surface area contributed by atoms with Crippen molar-refractivity contribution in [1.29, 1.82) is 0 Å². The summed E-state index contributed by atoms with van der Waals surface area (Å²) >= 11 is 0. The van der Waals surface area contributed by atoms with Crippen molar-refractivity contribution < 1.29 is 9.18 Å². The van der Waals surface area contributed by atoms with Crippen molar-refractivity contribution in [2.24, 2.45) is 5.92 Å². The van der Waals surface area contributed by atoms with Crippen molar-refractivity contribution in [2.75, 3.05) is 33.2 Å². The second kappa shape index (κ2) is 9.58. The Morgan fingerprint density at radius 2 is 2.08 bits per heavy atom. The topological polar surface area (TPSA) is 23.6 Å². The molecule has 0 bridgehead atoms. The highest BCUT2D eigenvalue weighted by Crippen LogP contribution is 2.19. The lowest BCUT2D eigenvalue weighted by Gasteiger charge is -2.34. The standard InChI is InChI=1S/C20H29FN2O/c1-3-4-9-20(24)22(2)16-17-10-13-23(14-11-17)15-12-18-7-5-6-8-19(18)21/h3,5-8,17H,1,4,9-16H2,2H3. The molecule has 4 heteroatoms. The van der Waals surface area contributed by atoms with Crippen LogP contribution < -0.4 is 0 Å². The van der Waals surface area contributed by atoms with Crippen LogP contribution in [0.4, 0.5) is 4.39 Å². The van der Waals surface area contributed by atoms with Crippen LogP contribution in [0.2, 0.25) is 0 Å². The Bertz CT molecular complexity index is 538. The highest BCUT2D eigenvalue weighted by atomic mass is 19.1. The number of nitrogens with zero attached hydrogens (tertiary/aromatic N) is 2. The molecule has 0 aromatic heterocycles. The number of amides is 1. The first-order valence-electron chi connectivity index (χ1n) is 8.90. The summed E-state index contributed by atoms with van der Waals surface area (Å²) in [6.45, 7) is 7.48. The number of likely N-dealkylation sites (tertiary alicyclic amines) is 1. The Morgan fingerprint density at radius 1 is 1.38 bits per heavy atom. The minimum Gasteiger partial charge on any atom is -0.345 e. The average molecular weight is 332 g/mol. The van der Waals surface area contributed by atoms with Crippen LogP contribution in [0.1, 0.15) is 31.2 Å². The zero-order valence-corrected chi connectivity index (χ0v) is 14.7.